The number of nitrogen functional groups attached to an aromatic ring is 1. The molecule has 0 amide bonds. The van der Waals surface area contributed by atoms with E-state index in [0.717, 1.165) is 5.56 Å². The highest BCUT2D eigenvalue weighted by Gasteiger charge is 2.02. The molecule has 2 aromatic carbocycles. The van der Waals surface area contributed by atoms with Crippen molar-refractivity contribution >= 4 is 5.69 Å². The van der Waals surface area contributed by atoms with Crippen molar-refractivity contribution in [3.05, 3.63) is 48.0 Å². The fraction of sp³-hybridized carbons (Fsp3) is 0.0769. The Balaban J connectivity index is 2.23. The maximum Gasteiger partial charge on any atom is 0.150 e. The van der Waals surface area contributed by atoms with Gasteiger partial charge in [-0.25, -0.2) is 0 Å². The molecule has 0 aliphatic rings. The van der Waals surface area contributed by atoms with E-state index in [4.69, 9.17) is 15.6 Å². The number of aryl methyl sites for hydroxylation is 1. The minimum atomic E-state index is 0.212. The first-order valence-corrected chi connectivity index (χ1v) is 4.98. The van der Waals surface area contributed by atoms with Gasteiger partial charge < -0.3 is 15.6 Å². The zero-order valence-electron chi connectivity index (χ0n) is 8.97. The molecule has 0 unspecified atom stereocenters. The summed E-state index contributed by atoms with van der Waals surface area (Å²) in [5.74, 6) is 1.48. The van der Waals surface area contributed by atoms with E-state index in [9.17, 15) is 0 Å². The number of phenolic OH excluding ortho intramolecular Hbond substituents is 1. The van der Waals surface area contributed by atoms with Crippen molar-refractivity contribution < 1.29 is 9.84 Å². The molecule has 0 aromatic heterocycles. The van der Waals surface area contributed by atoms with Crippen LogP contribution in [-0.2, 0) is 0 Å². The number of rotatable bonds is 2. The molecular weight excluding hydrogens is 202 g/mol. The van der Waals surface area contributed by atoms with Gasteiger partial charge in [-0.1, -0.05) is 6.07 Å². The van der Waals surface area contributed by atoms with E-state index >= 15 is 0 Å². The normalized spacial score (nSPS) is 10.1. The van der Waals surface area contributed by atoms with Gasteiger partial charge >= 0.3 is 0 Å². The lowest BCUT2D eigenvalue weighted by Crippen LogP contribution is -1.92. The Hall–Kier alpha value is -2.16. The second-order valence-electron chi connectivity index (χ2n) is 3.64. The first kappa shape index (κ1) is 10.4. The number of hydrogen-bond acceptors (Lipinski definition) is 3. The Kier molecular flexibility index (Phi) is 2.68. The van der Waals surface area contributed by atoms with E-state index in [1.54, 1.807) is 24.3 Å². The van der Waals surface area contributed by atoms with Crippen LogP contribution in [0.4, 0.5) is 5.69 Å². The molecule has 0 spiro atoms. The topological polar surface area (TPSA) is 55.5 Å². The van der Waals surface area contributed by atoms with Crippen LogP contribution in [0.25, 0.3) is 0 Å². The number of benzene rings is 2. The lowest BCUT2D eigenvalue weighted by atomic mass is 10.2. The summed E-state index contributed by atoms with van der Waals surface area (Å²) in [5, 5.41) is 9.13. The molecule has 0 aliphatic heterocycles. The first-order valence-electron chi connectivity index (χ1n) is 4.98. The van der Waals surface area contributed by atoms with E-state index in [1.807, 2.05) is 25.1 Å². The van der Waals surface area contributed by atoms with Crippen LogP contribution in [0, 0.1) is 6.92 Å². The second-order valence-corrected chi connectivity index (χ2v) is 3.64. The van der Waals surface area contributed by atoms with Gasteiger partial charge in [0.05, 0.1) is 5.69 Å². The van der Waals surface area contributed by atoms with Crippen LogP contribution < -0.4 is 10.5 Å². The zero-order valence-corrected chi connectivity index (χ0v) is 8.97. The van der Waals surface area contributed by atoms with Crippen molar-refractivity contribution in [1.82, 2.24) is 0 Å². The van der Waals surface area contributed by atoms with E-state index in [-0.39, 0.29) is 5.75 Å². The van der Waals surface area contributed by atoms with E-state index in [0.29, 0.717) is 17.2 Å². The Labute approximate surface area is 94.1 Å². The molecule has 16 heavy (non-hydrogen) atoms. The highest BCUT2D eigenvalue weighted by molar-refractivity contribution is 5.55. The molecule has 82 valence electrons. The fourth-order valence-electron chi connectivity index (χ4n) is 1.40. The number of phenols is 1. The molecular formula is C13H13NO2. The third kappa shape index (κ3) is 2.25. The number of aromatic hydroxyl groups is 1. The van der Waals surface area contributed by atoms with Crippen LogP contribution in [-0.4, -0.2) is 5.11 Å². The van der Waals surface area contributed by atoms with E-state index in [2.05, 4.69) is 0 Å². The van der Waals surface area contributed by atoms with Crippen molar-refractivity contribution in [3.63, 3.8) is 0 Å². The van der Waals surface area contributed by atoms with E-state index in [1.165, 1.54) is 0 Å². The second kappa shape index (κ2) is 4.14. The number of nitrogens with two attached hydrogens (primary N) is 1. The van der Waals surface area contributed by atoms with Crippen LogP contribution in [0.15, 0.2) is 42.5 Å². The van der Waals surface area contributed by atoms with Crippen LogP contribution >= 0.6 is 0 Å². The highest BCUT2D eigenvalue weighted by Crippen LogP contribution is 2.28. The fourth-order valence-corrected chi connectivity index (χ4v) is 1.40. The maximum atomic E-state index is 9.13. The van der Waals surface area contributed by atoms with Gasteiger partial charge in [0.2, 0.25) is 0 Å². The summed E-state index contributed by atoms with van der Waals surface area (Å²) in [4.78, 5) is 0. The van der Waals surface area contributed by atoms with Gasteiger partial charge in [0.1, 0.15) is 17.2 Å². The van der Waals surface area contributed by atoms with Crippen molar-refractivity contribution in [2.24, 2.45) is 0 Å². The Bertz CT molecular complexity index is 492. The lowest BCUT2D eigenvalue weighted by molar-refractivity contribution is 0.465. The molecule has 3 N–H and O–H groups in total. The largest absolute Gasteiger partial charge is 0.508 e. The quantitative estimate of drug-likeness (QED) is 0.757. The smallest absolute Gasteiger partial charge is 0.150 e. The van der Waals surface area contributed by atoms with Crippen LogP contribution in [0.1, 0.15) is 5.56 Å². The average Bonchev–Trinajstić information content (AvgIpc) is 2.25. The molecule has 0 heterocycles. The maximum absolute atomic E-state index is 9.13. The van der Waals surface area contributed by atoms with Crippen LogP contribution in [0.2, 0.25) is 0 Å². The van der Waals surface area contributed by atoms with Crippen molar-refractivity contribution in [3.8, 4) is 17.2 Å². The van der Waals surface area contributed by atoms with Gasteiger partial charge in [0.25, 0.3) is 0 Å². The molecule has 3 nitrogen and oxygen atoms in total. The summed E-state index contributed by atoms with van der Waals surface area (Å²) in [6, 6.07) is 12.1. The summed E-state index contributed by atoms with van der Waals surface area (Å²) in [6.45, 7) is 1.97. The van der Waals surface area contributed by atoms with Gasteiger partial charge in [0, 0.05) is 0 Å². The SMILES string of the molecule is Cc1ccc(Oc2ccc(O)cc2)c(N)c1. The van der Waals surface area contributed by atoms with Crippen molar-refractivity contribution in [1.29, 1.82) is 0 Å². The third-order valence-corrected chi connectivity index (χ3v) is 2.23. The molecule has 0 bridgehead atoms. The van der Waals surface area contributed by atoms with E-state index < -0.39 is 0 Å². The molecule has 0 saturated heterocycles. The Morgan fingerprint density at radius 1 is 1.06 bits per heavy atom. The molecule has 0 atom stereocenters. The minimum absolute atomic E-state index is 0.212. The van der Waals surface area contributed by atoms with Crippen LogP contribution in [0.5, 0.6) is 17.2 Å². The molecule has 0 radical (unpaired) electrons. The third-order valence-electron chi connectivity index (χ3n) is 2.23. The predicted molar refractivity (Wildman–Crippen MR) is 63.8 cm³/mol. The monoisotopic (exact) mass is 215 g/mol. The molecule has 3 heteroatoms. The lowest BCUT2D eigenvalue weighted by Gasteiger charge is -2.08. The summed E-state index contributed by atoms with van der Waals surface area (Å²) < 4.78 is 5.58. The molecule has 0 fully saturated rings. The van der Waals surface area contributed by atoms with Crippen molar-refractivity contribution in [2.45, 2.75) is 6.92 Å². The standard InChI is InChI=1S/C13H13NO2/c1-9-2-7-13(12(14)8-9)16-11-5-3-10(15)4-6-11/h2-8,15H,14H2,1H3. The molecule has 2 rings (SSSR count). The highest BCUT2D eigenvalue weighted by atomic mass is 16.5. The summed E-state index contributed by atoms with van der Waals surface area (Å²) in [5.41, 5.74) is 7.52. The summed E-state index contributed by atoms with van der Waals surface area (Å²) in [6.07, 6.45) is 0. The number of anilines is 1. The Morgan fingerprint density at radius 3 is 2.38 bits per heavy atom. The van der Waals surface area contributed by atoms with Gasteiger partial charge in [0.15, 0.2) is 0 Å². The average molecular weight is 215 g/mol. The Morgan fingerprint density at radius 2 is 1.75 bits per heavy atom. The summed E-state index contributed by atoms with van der Waals surface area (Å²) in [7, 11) is 0. The zero-order chi connectivity index (χ0) is 11.5. The van der Waals surface area contributed by atoms with Crippen molar-refractivity contribution in [2.75, 3.05) is 5.73 Å². The van der Waals surface area contributed by atoms with Crippen LogP contribution in [0.3, 0.4) is 0 Å². The van der Waals surface area contributed by atoms with Gasteiger partial charge in [-0.05, 0) is 48.9 Å². The first-order chi connectivity index (χ1) is 7.65. The predicted octanol–water partition coefficient (Wildman–Crippen LogP) is 3.08. The molecule has 0 aliphatic carbocycles. The molecule has 0 saturated carbocycles. The van der Waals surface area contributed by atoms with Gasteiger partial charge in [-0.15, -0.1) is 0 Å². The minimum Gasteiger partial charge on any atom is -0.508 e. The summed E-state index contributed by atoms with van der Waals surface area (Å²) >= 11 is 0. The number of ether oxygens (including phenoxy) is 1. The molecule has 2 aromatic rings. The van der Waals surface area contributed by atoms with Gasteiger partial charge in [-0.2, -0.15) is 0 Å². The van der Waals surface area contributed by atoms with Gasteiger partial charge in [-0.3, -0.25) is 0 Å². The number of hydrogen-bond donors (Lipinski definition) is 2.